The van der Waals surface area contributed by atoms with Crippen molar-refractivity contribution in [1.29, 1.82) is 0 Å². The number of hydrogen-bond acceptors (Lipinski definition) is 1. The van der Waals surface area contributed by atoms with Crippen LogP contribution in [0.3, 0.4) is 0 Å². The fourth-order valence-corrected chi connectivity index (χ4v) is 0. The first-order valence-electron chi connectivity index (χ1n) is 0.697. The molecule has 0 saturated carbocycles. The summed E-state index contributed by atoms with van der Waals surface area (Å²) in [6, 6.07) is 0. The first-order chi connectivity index (χ1) is 1.41. The van der Waals surface area contributed by atoms with E-state index in [9.17, 15) is 0 Å². The molecule has 0 aromatic carbocycles. The molecule has 0 bridgehead atoms. The van der Waals surface area contributed by atoms with Crippen LogP contribution < -0.4 is 0 Å². The first-order valence-corrected chi connectivity index (χ1v) is 0.697. The summed E-state index contributed by atoms with van der Waals surface area (Å²) in [5, 5.41) is 0. The summed E-state index contributed by atoms with van der Waals surface area (Å²) >= 11 is 0. The average molecular weight is 255 g/mol. The fourth-order valence-electron chi connectivity index (χ4n) is 0. The van der Waals surface area contributed by atoms with E-state index in [1.807, 2.05) is 0 Å². The van der Waals surface area contributed by atoms with Gasteiger partial charge in [-0.15, -0.1) is 0 Å². The Hall–Kier alpha value is 2.17. The van der Waals surface area contributed by atoms with Gasteiger partial charge in [-0.3, -0.25) is 0 Å². The second kappa shape index (κ2) is 41.8. The summed E-state index contributed by atoms with van der Waals surface area (Å²) in [6.07, 6.45) is 0. The molecular formula is C4H13OY2-. The largest absolute Gasteiger partial charge is 0.557 e. The van der Waals surface area contributed by atoms with E-state index in [1.54, 1.807) is 0 Å². The molecule has 0 aliphatic carbocycles. The molecular weight excluding hydrogens is 242 g/mol. The topological polar surface area (TPSA) is 9.23 Å². The standard InChI is InChI=1S/C2H5O.2CH4.2Y/c1-3-2;;;;/h1H2,2H3;2*1H4;;/q-1;;;;. The number of ether oxygens (including phenoxy) is 1. The van der Waals surface area contributed by atoms with Gasteiger partial charge in [0.1, 0.15) is 0 Å². The van der Waals surface area contributed by atoms with E-state index < -0.39 is 0 Å². The molecule has 0 N–H and O–H groups in total. The van der Waals surface area contributed by atoms with Crippen LogP contribution in [0.2, 0.25) is 0 Å². The third-order valence-corrected chi connectivity index (χ3v) is 0. The summed E-state index contributed by atoms with van der Waals surface area (Å²) in [6.45, 7) is 0. The minimum Gasteiger partial charge on any atom is -0.557 e. The molecule has 0 saturated heterocycles. The smallest absolute Gasteiger partial charge is 0 e. The van der Waals surface area contributed by atoms with Crippen molar-refractivity contribution in [2.24, 2.45) is 0 Å². The zero-order valence-electron chi connectivity index (χ0n) is 3.27. The van der Waals surface area contributed by atoms with Crippen LogP contribution in [0.15, 0.2) is 0 Å². The normalized spacial score (nSPS) is 2.57. The molecule has 0 fully saturated rings. The van der Waals surface area contributed by atoms with Gasteiger partial charge in [0.25, 0.3) is 0 Å². The molecule has 3 heteroatoms. The van der Waals surface area contributed by atoms with E-state index in [4.69, 9.17) is 0 Å². The molecule has 1 nitrogen and oxygen atoms in total. The minimum atomic E-state index is 0. The number of hydrogen-bond donors (Lipinski definition) is 0. The molecule has 0 aliphatic heterocycles. The van der Waals surface area contributed by atoms with E-state index in [0.29, 0.717) is 0 Å². The van der Waals surface area contributed by atoms with Gasteiger partial charge in [0.2, 0.25) is 0 Å². The van der Waals surface area contributed by atoms with Crippen LogP contribution in [0.1, 0.15) is 14.9 Å². The van der Waals surface area contributed by atoms with Gasteiger partial charge >= 0.3 is 0 Å². The molecule has 7 heavy (non-hydrogen) atoms. The molecule has 0 spiro atoms. The van der Waals surface area contributed by atoms with Crippen molar-refractivity contribution < 1.29 is 70.2 Å². The second-order valence-electron chi connectivity index (χ2n) is 0.289. The van der Waals surface area contributed by atoms with Crippen LogP contribution in [0.5, 0.6) is 0 Å². The molecule has 0 amide bonds. The second-order valence-corrected chi connectivity index (χ2v) is 0.289. The zero-order chi connectivity index (χ0) is 2.71. The first kappa shape index (κ1) is 35.2. The van der Waals surface area contributed by atoms with E-state index in [1.165, 1.54) is 7.11 Å². The summed E-state index contributed by atoms with van der Waals surface area (Å²) in [7, 11) is 4.50. The van der Waals surface area contributed by atoms with E-state index in [-0.39, 0.29) is 80.3 Å². The summed E-state index contributed by atoms with van der Waals surface area (Å²) in [4.78, 5) is 0. The Morgan fingerprint density at radius 2 is 1.14 bits per heavy atom. The van der Waals surface area contributed by atoms with Gasteiger partial charge in [0, 0.05) is 65.4 Å². The average Bonchev–Trinajstić information content (AvgIpc) is 0.918. The van der Waals surface area contributed by atoms with Crippen molar-refractivity contribution in [1.82, 2.24) is 0 Å². The van der Waals surface area contributed by atoms with Gasteiger partial charge in [0.05, 0.1) is 0 Å². The van der Waals surface area contributed by atoms with Crippen LogP contribution in [-0.2, 0) is 70.2 Å². The van der Waals surface area contributed by atoms with Gasteiger partial charge in [-0.1, -0.05) is 14.9 Å². The zero-order valence-corrected chi connectivity index (χ0v) is 8.95. The van der Waals surface area contributed by atoms with Crippen molar-refractivity contribution in [3.05, 3.63) is 7.11 Å². The van der Waals surface area contributed by atoms with Crippen molar-refractivity contribution in [3.63, 3.8) is 0 Å². The molecule has 0 atom stereocenters. The Balaban J connectivity index is -0.00000000333. The molecule has 42 valence electrons. The van der Waals surface area contributed by atoms with Crippen LogP contribution in [0.25, 0.3) is 0 Å². The summed E-state index contributed by atoms with van der Waals surface area (Å²) in [5.41, 5.74) is 0. The van der Waals surface area contributed by atoms with Gasteiger partial charge in [0.15, 0.2) is 0 Å². The van der Waals surface area contributed by atoms with Crippen molar-refractivity contribution in [2.45, 2.75) is 14.9 Å². The molecule has 0 heterocycles. The third-order valence-electron chi connectivity index (χ3n) is 0. The van der Waals surface area contributed by atoms with Gasteiger partial charge in [-0.25, -0.2) is 7.11 Å². The Kier molecular flexibility index (Phi) is 210. The predicted molar refractivity (Wildman–Crippen MR) is 25.8 cm³/mol. The fraction of sp³-hybridized carbons (Fsp3) is 0.750. The van der Waals surface area contributed by atoms with Crippen molar-refractivity contribution >= 4 is 0 Å². The quantitative estimate of drug-likeness (QED) is 0.598. The van der Waals surface area contributed by atoms with Crippen molar-refractivity contribution in [3.8, 4) is 0 Å². The van der Waals surface area contributed by atoms with E-state index in [0.717, 1.165) is 0 Å². The molecule has 0 aromatic rings. The maximum absolute atomic E-state index is 4.00. The molecule has 0 rings (SSSR count). The Labute approximate surface area is 97.7 Å². The Morgan fingerprint density at radius 3 is 1.14 bits per heavy atom. The Bertz CT molecular complexity index is 9.65. The SMILES string of the molecule is C.C.[CH2-]OC.[Y].[Y]. The summed E-state index contributed by atoms with van der Waals surface area (Å²) in [5.74, 6) is 0. The van der Waals surface area contributed by atoms with E-state index in [2.05, 4.69) is 11.8 Å². The van der Waals surface area contributed by atoms with Crippen molar-refractivity contribution in [2.75, 3.05) is 7.11 Å². The van der Waals surface area contributed by atoms with Gasteiger partial charge in [-0.05, 0) is 7.11 Å². The third kappa shape index (κ3) is 66.1. The predicted octanol–water partition coefficient (Wildman–Crippen LogP) is 1.69. The molecule has 2 radical (unpaired) electrons. The maximum Gasteiger partial charge on any atom is 0 e. The van der Waals surface area contributed by atoms with Crippen LogP contribution in [-0.4, -0.2) is 7.11 Å². The van der Waals surface area contributed by atoms with Gasteiger partial charge in [-0.2, -0.15) is 0 Å². The van der Waals surface area contributed by atoms with Crippen LogP contribution >= 0.6 is 0 Å². The van der Waals surface area contributed by atoms with Crippen LogP contribution in [0, 0.1) is 7.11 Å². The summed E-state index contributed by atoms with van der Waals surface area (Å²) < 4.78 is 4.00. The van der Waals surface area contributed by atoms with Crippen LogP contribution in [0.4, 0.5) is 0 Å². The molecule has 0 aliphatic rings. The maximum atomic E-state index is 4.00. The molecule has 0 unspecified atom stereocenters. The minimum absolute atomic E-state index is 0. The van der Waals surface area contributed by atoms with E-state index >= 15 is 0 Å². The Morgan fingerprint density at radius 1 is 1.14 bits per heavy atom. The van der Waals surface area contributed by atoms with Gasteiger partial charge < -0.3 is 4.74 Å². The molecule has 0 aromatic heterocycles. The number of rotatable bonds is 0. The number of methoxy groups -OCH3 is 1. The monoisotopic (exact) mass is 255 g/mol.